The molecule has 0 saturated carbocycles. The van der Waals surface area contributed by atoms with Gasteiger partial charge in [0, 0.05) is 0 Å². The van der Waals surface area contributed by atoms with E-state index >= 15 is 0 Å². The van der Waals surface area contributed by atoms with E-state index < -0.39 is 14.6 Å². The predicted octanol–water partition coefficient (Wildman–Crippen LogP) is 0.228. The van der Waals surface area contributed by atoms with Crippen LogP contribution in [-0.4, -0.2) is 65.6 Å². The number of hydrogen-bond donors (Lipinski definition) is 0. The summed E-state index contributed by atoms with van der Waals surface area (Å²) in [5, 5.41) is 0. The molecule has 15 heavy (non-hydrogen) atoms. The van der Waals surface area contributed by atoms with Crippen molar-refractivity contribution in [3.63, 3.8) is 0 Å². The van der Waals surface area contributed by atoms with Gasteiger partial charge in [0.25, 0.3) is 0 Å². The average Bonchev–Trinajstić information content (AvgIpc) is 2.14. The molecule has 0 radical (unpaired) electrons. The summed E-state index contributed by atoms with van der Waals surface area (Å²) in [4.78, 5) is 2.30. The van der Waals surface area contributed by atoms with Gasteiger partial charge in [-0.25, -0.2) is 0 Å². The van der Waals surface area contributed by atoms with Crippen molar-refractivity contribution >= 4 is 14.6 Å². The number of hydrogen-bond acceptors (Lipinski definition) is 5. The fraction of sp³-hybridized carbons (Fsp3) is 1.00. The molecule has 5 nitrogen and oxygen atoms in total. The van der Waals surface area contributed by atoms with E-state index in [4.69, 9.17) is 15.1 Å². The van der Waals surface area contributed by atoms with Gasteiger partial charge in [0.1, 0.15) is 0 Å². The van der Waals surface area contributed by atoms with Crippen LogP contribution < -0.4 is 0 Å². The summed E-state index contributed by atoms with van der Waals surface area (Å²) in [5.74, 6) is 0. The molecule has 3 aliphatic heterocycles. The van der Waals surface area contributed by atoms with Gasteiger partial charge < -0.3 is 0 Å². The summed E-state index contributed by atoms with van der Waals surface area (Å²) in [7, 11) is 0. The Morgan fingerprint density at radius 2 is 1.60 bits per heavy atom. The van der Waals surface area contributed by atoms with Crippen molar-refractivity contribution < 1.29 is 15.1 Å². The van der Waals surface area contributed by atoms with Gasteiger partial charge in [0.2, 0.25) is 0 Å². The number of nitrogens with zero attached hydrogens (tertiary/aromatic N) is 1. The first kappa shape index (κ1) is 11.8. The summed E-state index contributed by atoms with van der Waals surface area (Å²) in [5.41, 5.74) is 0. The first-order valence-corrected chi connectivity index (χ1v) is 9.05. The van der Waals surface area contributed by atoms with Crippen LogP contribution in [0.5, 0.6) is 0 Å². The third kappa shape index (κ3) is 3.15. The van der Waals surface area contributed by atoms with Gasteiger partial charge in [-0.3, -0.25) is 0 Å². The zero-order chi connectivity index (χ0) is 10.6. The summed E-state index contributed by atoms with van der Waals surface area (Å²) >= 11 is -3.31. The molecule has 3 heterocycles. The summed E-state index contributed by atoms with van der Waals surface area (Å²) in [6.07, 6.45) is 0.967. The van der Waals surface area contributed by atoms with Gasteiger partial charge in [0.15, 0.2) is 0 Å². The maximum atomic E-state index is 5.72. The fourth-order valence-corrected chi connectivity index (χ4v) is 5.86. The summed E-state index contributed by atoms with van der Waals surface area (Å²) in [6, 6.07) is 0. The molecule has 6 heteroatoms. The second-order valence-corrected chi connectivity index (χ2v) is 8.26. The Bertz CT molecular complexity index is 172. The van der Waals surface area contributed by atoms with E-state index in [0.717, 1.165) is 26.1 Å². The van der Waals surface area contributed by atoms with Crippen LogP contribution in [0.25, 0.3) is 0 Å². The Morgan fingerprint density at radius 3 is 2.07 bits per heavy atom. The number of rotatable bonds is 3. The molecule has 2 bridgehead atoms. The van der Waals surface area contributed by atoms with Crippen molar-refractivity contribution in [2.24, 2.45) is 0 Å². The second kappa shape index (κ2) is 5.61. The van der Waals surface area contributed by atoms with Gasteiger partial charge in [-0.2, -0.15) is 0 Å². The molecular formula is C9H19GeNO4. The molecule has 88 valence electrons. The van der Waals surface area contributed by atoms with Crippen LogP contribution in [-0.2, 0) is 15.1 Å². The Morgan fingerprint density at radius 1 is 1.07 bits per heavy atom. The van der Waals surface area contributed by atoms with E-state index in [1.807, 2.05) is 0 Å². The third-order valence-electron chi connectivity index (χ3n) is 2.54. The van der Waals surface area contributed by atoms with Crippen LogP contribution in [0.1, 0.15) is 13.3 Å². The molecule has 3 rings (SSSR count). The molecule has 3 aliphatic rings. The van der Waals surface area contributed by atoms with Crippen LogP contribution >= 0.6 is 0 Å². The quantitative estimate of drug-likeness (QED) is 0.691. The SMILES string of the molecule is CCC[O][Ge]12[O]CCN(CC[O]1)CC[O]2. The Labute approximate surface area is 94.3 Å². The van der Waals surface area contributed by atoms with Gasteiger partial charge in [0.05, 0.1) is 0 Å². The molecule has 0 spiro atoms. The van der Waals surface area contributed by atoms with E-state index in [2.05, 4.69) is 11.8 Å². The van der Waals surface area contributed by atoms with E-state index in [1.165, 1.54) is 0 Å². The van der Waals surface area contributed by atoms with Gasteiger partial charge in [-0.1, -0.05) is 0 Å². The van der Waals surface area contributed by atoms with Gasteiger partial charge in [-0.05, 0) is 0 Å². The molecule has 0 N–H and O–H groups in total. The predicted molar refractivity (Wildman–Crippen MR) is 56.3 cm³/mol. The fourth-order valence-electron chi connectivity index (χ4n) is 1.71. The average molecular weight is 278 g/mol. The second-order valence-electron chi connectivity index (χ2n) is 3.74. The molecule has 0 aromatic rings. The first-order chi connectivity index (χ1) is 7.35. The van der Waals surface area contributed by atoms with Crippen molar-refractivity contribution in [1.29, 1.82) is 0 Å². The normalized spacial score (nSPS) is 37.0. The monoisotopic (exact) mass is 279 g/mol. The van der Waals surface area contributed by atoms with Crippen molar-refractivity contribution in [3.8, 4) is 0 Å². The minimum atomic E-state index is -3.31. The molecule has 0 unspecified atom stereocenters. The summed E-state index contributed by atoms with van der Waals surface area (Å²) in [6.45, 7) is 7.66. The molecule has 0 aromatic carbocycles. The van der Waals surface area contributed by atoms with Crippen molar-refractivity contribution in [3.05, 3.63) is 0 Å². The van der Waals surface area contributed by atoms with Crippen LogP contribution in [0.2, 0.25) is 0 Å². The number of fused-ring (bicyclic) bond motifs is 6. The Kier molecular flexibility index (Phi) is 4.42. The Hall–Kier alpha value is 0.343. The van der Waals surface area contributed by atoms with Crippen LogP contribution in [0.3, 0.4) is 0 Å². The van der Waals surface area contributed by atoms with E-state index in [0.29, 0.717) is 26.4 Å². The molecule has 3 saturated heterocycles. The van der Waals surface area contributed by atoms with Crippen molar-refractivity contribution in [2.75, 3.05) is 46.1 Å². The molecule has 0 aromatic heterocycles. The van der Waals surface area contributed by atoms with E-state index in [9.17, 15) is 0 Å². The minimum absolute atomic E-state index is 0.670. The van der Waals surface area contributed by atoms with Crippen LogP contribution in [0.15, 0.2) is 0 Å². The Balaban J connectivity index is 1.98. The summed E-state index contributed by atoms with van der Waals surface area (Å²) < 4.78 is 22.9. The van der Waals surface area contributed by atoms with Gasteiger partial charge >= 0.3 is 94.0 Å². The van der Waals surface area contributed by atoms with Crippen LogP contribution in [0, 0.1) is 0 Å². The van der Waals surface area contributed by atoms with Gasteiger partial charge in [-0.15, -0.1) is 0 Å². The zero-order valence-corrected chi connectivity index (χ0v) is 11.3. The first-order valence-electron chi connectivity index (χ1n) is 5.63. The standard InChI is InChI=1S/C9H19GeNO4/c1-2-6-12-10-13-7-3-11(4-8-14-10)5-9-15-10/h2-9H2,1H3. The molecule has 0 atom stereocenters. The third-order valence-corrected chi connectivity index (χ3v) is 7.22. The molecule has 0 amide bonds. The zero-order valence-electron chi connectivity index (χ0n) is 9.24. The van der Waals surface area contributed by atoms with Crippen LogP contribution in [0.4, 0.5) is 0 Å². The topological polar surface area (TPSA) is 40.2 Å². The van der Waals surface area contributed by atoms with E-state index in [-0.39, 0.29) is 0 Å². The van der Waals surface area contributed by atoms with Crippen molar-refractivity contribution in [1.82, 2.24) is 4.90 Å². The van der Waals surface area contributed by atoms with Crippen molar-refractivity contribution in [2.45, 2.75) is 13.3 Å². The molecule has 0 aliphatic carbocycles. The maximum absolute atomic E-state index is 5.72. The molecular weight excluding hydrogens is 259 g/mol. The van der Waals surface area contributed by atoms with E-state index in [1.54, 1.807) is 0 Å². The molecule has 3 fully saturated rings.